The topological polar surface area (TPSA) is 6.48 Å². The fourth-order valence-electron chi connectivity index (χ4n) is 6.38. The Morgan fingerprint density at radius 2 is 0.667 bits per heavy atom. The number of benzene rings is 7. The van der Waals surface area contributed by atoms with E-state index in [1.807, 2.05) is 0 Å². The Morgan fingerprint density at radius 1 is 0.312 bits per heavy atom. The smallest absolute Gasteiger partial charge is 0.0468 e. The highest BCUT2D eigenvalue weighted by Crippen LogP contribution is 2.38. The average Bonchev–Trinajstić information content (AvgIpc) is 3.08. The third-order valence-electron chi connectivity index (χ3n) is 8.77. The summed E-state index contributed by atoms with van der Waals surface area (Å²) >= 11 is 0. The molecule has 7 aromatic rings. The first kappa shape index (κ1) is 30.8. The maximum Gasteiger partial charge on any atom is 0.0468 e. The molecule has 0 aliphatic rings. The predicted octanol–water partition coefficient (Wildman–Crippen LogP) is 13.2. The van der Waals surface area contributed by atoms with Gasteiger partial charge in [-0.15, -0.1) is 0 Å². The Bertz CT molecular complexity index is 2150. The summed E-state index contributed by atoms with van der Waals surface area (Å²) in [5, 5.41) is 2.43. The Balaban J connectivity index is 1.15. The van der Waals surface area contributed by atoms with Crippen LogP contribution in [0, 0.1) is 27.7 Å². The second-order valence-corrected chi connectivity index (χ2v) is 12.7. The van der Waals surface area contributed by atoms with Crippen LogP contribution in [0.1, 0.15) is 33.4 Å². The van der Waals surface area contributed by atoms with Crippen LogP contribution in [0.4, 0.5) is 34.1 Å². The zero-order chi connectivity index (χ0) is 33.0. The van der Waals surface area contributed by atoms with Gasteiger partial charge in [-0.3, -0.25) is 0 Å². The van der Waals surface area contributed by atoms with Gasteiger partial charge in [0.05, 0.1) is 0 Å². The second-order valence-electron chi connectivity index (χ2n) is 12.7. The van der Waals surface area contributed by atoms with Gasteiger partial charge in [-0.25, -0.2) is 0 Å². The summed E-state index contributed by atoms with van der Waals surface area (Å²) in [6.07, 6.45) is 4.40. The van der Waals surface area contributed by atoms with Crippen molar-refractivity contribution in [2.24, 2.45) is 0 Å². The van der Waals surface area contributed by atoms with Crippen molar-refractivity contribution in [3.05, 3.63) is 191 Å². The van der Waals surface area contributed by atoms with Gasteiger partial charge in [-0.2, -0.15) is 0 Å². The first-order valence-corrected chi connectivity index (χ1v) is 16.6. The van der Waals surface area contributed by atoms with Crippen molar-refractivity contribution in [2.45, 2.75) is 27.7 Å². The minimum absolute atomic E-state index is 1.13. The van der Waals surface area contributed by atoms with Crippen molar-refractivity contribution in [2.75, 3.05) is 9.80 Å². The molecule has 0 fully saturated rings. The lowest BCUT2D eigenvalue weighted by Gasteiger charge is -2.26. The molecule has 0 saturated carbocycles. The van der Waals surface area contributed by atoms with Gasteiger partial charge in [0, 0.05) is 34.1 Å². The quantitative estimate of drug-likeness (QED) is 0.156. The van der Waals surface area contributed by atoms with E-state index < -0.39 is 0 Å². The van der Waals surface area contributed by atoms with Crippen LogP contribution in [0.2, 0.25) is 0 Å². The molecule has 2 nitrogen and oxygen atoms in total. The fraction of sp³-hybridized carbons (Fsp3) is 0.0870. The summed E-state index contributed by atoms with van der Waals surface area (Å²) in [7, 11) is 0. The first-order valence-electron chi connectivity index (χ1n) is 16.6. The van der Waals surface area contributed by atoms with Gasteiger partial charge < -0.3 is 9.80 Å². The molecule has 0 bridgehead atoms. The lowest BCUT2D eigenvalue weighted by Crippen LogP contribution is -2.10. The van der Waals surface area contributed by atoms with E-state index in [4.69, 9.17) is 0 Å². The van der Waals surface area contributed by atoms with Gasteiger partial charge in [0.15, 0.2) is 0 Å². The van der Waals surface area contributed by atoms with Crippen molar-refractivity contribution in [1.29, 1.82) is 0 Å². The largest absolute Gasteiger partial charge is 0.310 e. The molecule has 0 aliphatic carbocycles. The van der Waals surface area contributed by atoms with E-state index >= 15 is 0 Å². The number of aryl methyl sites for hydroxylation is 4. The Labute approximate surface area is 284 Å². The normalized spacial score (nSPS) is 11.2. The van der Waals surface area contributed by atoms with Crippen LogP contribution in [0.5, 0.6) is 0 Å². The first-order chi connectivity index (χ1) is 23.4. The van der Waals surface area contributed by atoms with E-state index in [2.05, 4.69) is 207 Å². The zero-order valence-electron chi connectivity index (χ0n) is 28.1. The van der Waals surface area contributed by atoms with Crippen LogP contribution in [0.25, 0.3) is 22.9 Å². The summed E-state index contributed by atoms with van der Waals surface area (Å²) in [6.45, 7) is 8.58. The van der Waals surface area contributed by atoms with Crippen LogP contribution in [-0.4, -0.2) is 0 Å². The highest BCUT2D eigenvalue weighted by molar-refractivity contribution is 5.91. The Morgan fingerprint density at radius 3 is 1.15 bits per heavy atom. The highest BCUT2D eigenvalue weighted by Gasteiger charge is 2.14. The number of hydrogen-bond donors (Lipinski definition) is 0. The fourth-order valence-corrected chi connectivity index (χ4v) is 6.38. The molecule has 0 N–H and O–H groups in total. The Hall–Kier alpha value is -5.86. The van der Waals surface area contributed by atoms with Crippen LogP contribution < -0.4 is 9.80 Å². The summed E-state index contributed by atoms with van der Waals surface area (Å²) in [4.78, 5) is 4.67. The lowest BCUT2D eigenvalue weighted by molar-refractivity contribution is 1.26. The molecule has 2 heteroatoms. The number of rotatable bonds is 8. The SMILES string of the molecule is Cc1cccc(N(c2ccc(C=Cc3ccc4cc(N(c5cccc(C)c5)c5cccc(C)c5)ccc4c3)cc2)c2cccc(C)c2)c1. The molecule has 0 spiro atoms. The van der Waals surface area contributed by atoms with Crippen LogP contribution in [0.3, 0.4) is 0 Å². The van der Waals surface area contributed by atoms with E-state index in [0.29, 0.717) is 0 Å². The average molecular weight is 621 g/mol. The second kappa shape index (κ2) is 13.5. The molecule has 0 atom stereocenters. The molecule has 0 heterocycles. The van der Waals surface area contributed by atoms with Crippen molar-refractivity contribution in [3.8, 4) is 0 Å². The van der Waals surface area contributed by atoms with E-state index in [0.717, 1.165) is 39.7 Å². The van der Waals surface area contributed by atoms with E-state index in [-0.39, 0.29) is 0 Å². The van der Waals surface area contributed by atoms with Crippen molar-refractivity contribution < 1.29 is 0 Å². The monoisotopic (exact) mass is 620 g/mol. The summed E-state index contributed by atoms with van der Waals surface area (Å²) in [5.41, 5.74) is 14.2. The third kappa shape index (κ3) is 6.79. The number of anilines is 6. The van der Waals surface area contributed by atoms with Crippen molar-refractivity contribution >= 4 is 57.0 Å². The maximum atomic E-state index is 2.34. The molecular weight excluding hydrogens is 581 g/mol. The van der Waals surface area contributed by atoms with E-state index in [1.165, 1.54) is 38.6 Å². The number of nitrogens with zero attached hydrogens (tertiary/aromatic N) is 2. The molecule has 234 valence electrons. The van der Waals surface area contributed by atoms with Crippen molar-refractivity contribution in [3.63, 3.8) is 0 Å². The molecule has 0 aliphatic heterocycles. The van der Waals surface area contributed by atoms with Crippen LogP contribution in [-0.2, 0) is 0 Å². The maximum absolute atomic E-state index is 2.34. The van der Waals surface area contributed by atoms with Crippen molar-refractivity contribution in [1.82, 2.24) is 0 Å². The summed E-state index contributed by atoms with van der Waals surface area (Å²) < 4.78 is 0. The van der Waals surface area contributed by atoms with Gasteiger partial charge in [-0.05, 0) is 151 Å². The molecule has 0 amide bonds. The van der Waals surface area contributed by atoms with Gasteiger partial charge >= 0.3 is 0 Å². The molecule has 0 radical (unpaired) electrons. The van der Waals surface area contributed by atoms with Gasteiger partial charge in [0.1, 0.15) is 0 Å². The minimum Gasteiger partial charge on any atom is -0.310 e. The molecule has 7 aromatic carbocycles. The standard InChI is InChI=1S/C46H40N2/c1-33-9-5-13-42(27-33)47(43-14-6-10-34(2)28-43)41-24-20-37(21-25-41)17-18-38-19-22-40-32-46(26-23-39(40)31-38)48(44-15-7-11-35(3)29-44)45-16-8-12-36(4)30-45/h5-32H,1-4H3. The third-order valence-corrected chi connectivity index (χ3v) is 8.77. The van der Waals surface area contributed by atoms with Crippen LogP contribution >= 0.6 is 0 Å². The highest BCUT2D eigenvalue weighted by atomic mass is 15.1. The van der Waals surface area contributed by atoms with E-state index in [9.17, 15) is 0 Å². The van der Waals surface area contributed by atoms with Gasteiger partial charge in [0.2, 0.25) is 0 Å². The zero-order valence-corrected chi connectivity index (χ0v) is 28.1. The number of hydrogen-bond acceptors (Lipinski definition) is 2. The molecule has 0 saturated heterocycles. The predicted molar refractivity (Wildman–Crippen MR) is 208 cm³/mol. The molecule has 7 rings (SSSR count). The number of fused-ring (bicyclic) bond motifs is 1. The van der Waals surface area contributed by atoms with Gasteiger partial charge in [-0.1, -0.05) is 91.0 Å². The molecule has 48 heavy (non-hydrogen) atoms. The van der Waals surface area contributed by atoms with Crippen LogP contribution in [0.15, 0.2) is 158 Å². The Kier molecular flexibility index (Phi) is 8.64. The summed E-state index contributed by atoms with van der Waals surface area (Å²) in [6, 6.07) is 57.0. The molecule has 0 aromatic heterocycles. The lowest BCUT2D eigenvalue weighted by atomic mass is 10.0. The minimum atomic E-state index is 1.13. The molecular formula is C46H40N2. The van der Waals surface area contributed by atoms with E-state index in [1.54, 1.807) is 0 Å². The van der Waals surface area contributed by atoms with Gasteiger partial charge in [0.25, 0.3) is 0 Å². The summed E-state index contributed by atoms with van der Waals surface area (Å²) in [5.74, 6) is 0. The molecule has 0 unspecified atom stereocenters.